The van der Waals surface area contributed by atoms with Gasteiger partial charge in [0.1, 0.15) is 0 Å². The molecule has 0 aliphatic rings. The average molecular weight is 412 g/mol. The van der Waals surface area contributed by atoms with E-state index in [-0.39, 0.29) is 11.9 Å². The van der Waals surface area contributed by atoms with Crippen molar-refractivity contribution in [1.82, 2.24) is 4.57 Å². The standard InChI is InChI=1S/C26H24N2O3/c1-2-31-26(30)20-9-12-23(13-10-20)28-17-16-21-18-22(11-14-24(21)28)27-25(29)15-8-19-6-4-3-5-7-19/h3-7,9-14,16-18H,2,8,15H2,1H3,(H,27,29). The lowest BCUT2D eigenvalue weighted by molar-refractivity contribution is -0.116. The fourth-order valence-electron chi connectivity index (χ4n) is 3.54. The summed E-state index contributed by atoms with van der Waals surface area (Å²) >= 11 is 0. The maximum absolute atomic E-state index is 12.3. The minimum atomic E-state index is -0.320. The van der Waals surface area contributed by atoms with Crippen LogP contribution < -0.4 is 5.32 Å². The lowest BCUT2D eigenvalue weighted by Gasteiger charge is -2.09. The van der Waals surface area contributed by atoms with E-state index in [1.54, 1.807) is 19.1 Å². The average Bonchev–Trinajstić information content (AvgIpc) is 3.22. The van der Waals surface area contributed by atoms with Gasteiger partial charge in [-0.3, -0.25) is 4.79 Å². The molecule has 1 amide bonds. The molecule has 0 radical (unpaired) electrons. The van der Waals surface area contributed by atoms with E-state index < -0.39 is 0 Å². The number of nitrogens with zero attached hydrogens (tertiary/aromatic N) is 1. The second-order valence-electron chi connectivity index (χ2n) is 7.26. The second-order valence-corrected chi connectivity index (χ2v) is 7.26. The van der Waals surface area contributed by atoms with Crippen molar-refractivity contribution in [2.75, 3.05) is 11.9 Å². The van der Waals surface area contributed by atoms with Crippen molar-refractivity contribution in [2.45, 2.75) is 19.8 Å². The maximum atomic E-state index is 12.3. The number of ether oxygens (including phenoxy) is 1. The highest BCUT2D eigenvalue weighted by Crippen LogP contribution is 2.24. The molecule has 1 heterocycles. The van der Waals surface area contributed by atoms with Crippen LogP contribution in [0, 0.1) is 0 Å². The number of anilines is 1. The summed E-state index contributed by atoms with van der Waals surface area (Å²) in [4.78, 5) is 24.2. The molecular weight excluding hydrogens is 388 g/mol. The fraction of sp³-hybridized carbons (Fsp3) is 0.154. The molecule has 1 N–H and O–H groups in total. The number of hydrogen-bond donors (Lipinski definition) is 1. The Kier molecular flexibility index (Phi) is 6.13. The number of hydrogen-bond acceptors (Lipinski definition) is 3. The largest absolute Gasteiger partial charge is 0.462 e. The zero-order chi connectivity index (χ0) is 21.6. The third kappa shape index (κ3) is 4.83. The van der Waals surface area contributed by atoms with Crippen LogP contribution in [-0.4, -0.2) is 23.1 Å². The number of aromatic nitrogens is 1. The molecule has 0 fully saturated rings. The summed E-state index contributed by atoms with van der Waals surface area (Å²) in [5.41, 5.74) is 4.43. The number of nitrogens with one attached hydrogen (secondary N) is 1. The van der Waals surface area contributed by atoms with Crippen LogP contribution in [0.1, 0.15) is 29.3 Å². The minimum absolute atomic E-state index is 0.00260. The summed E-state index contributed by atoms with van der Waals surface area (Å²) in [5.74, 6) is -0.323. The topological polar surface area (TPSA) is 60.3 Å². The van der Waals surface area contributed by atoms with E-state index >= 15 is 0 Å². The Labute approximate surface area is 181 Å². The van der Waals surface area contributed by atoms with E-state index in [4.69, 9.17) is 4.74 Å². The zero-order valence-electron chi connectivity index (χ0n) is 17.4. The van der Waals surface area contributed by atoms with Crippen LogP contribution in [0.3, 0.4) is 0 Å². The van der Waals surface area contributed by atoms with Crippen LogP contribution in [-0.2, 0) is 16.0 Å². The molecule has 0 spiro atoms. The van der Waals surface area contributed by atoms with Gasteiger partial charge < -0.3 is 14.6 Å². The molecule has 3 aromatic carbocycles. The molecule has 31 heavy (non-hydrogen) atoms. The molecule has 0 atom stereocenters. The number of aryl methyl sites for hydroxylation is 1. The first-order valence-corrected chi connectivity index (χ1v) is 10.4. The van der Waals surface area contributed by atoms with E-state index in [0.29, 0.717) is 25.0 Å². The van der Waals surface area contributed by atoms with Crippen LogP contribution in [0.5, 0.6) is 0 Å². The van der Waals surface area contributed by atoms with Gasteiger partial charge in [0.15, 0.2) is 0 Å². The number of carbonyl (C=O) groups excluding carboxylic acids is 2. The van der Waals surface area contributed by atoms with Crippen molar-refractivity contribution in [3.05, 3.63) is 96.2 Å². The van der Waals surface area contributed by atoms with Crippen LogP contribution in [0.2, 0.25) is 0 Å². The number of fused-ring (bicyclic) bond motifs is 1. The summed E-state index contributed by atoms with van der Waals surface area (Å²) in [6.07, 6.45) is 3.13. The number of amides is 1. The number of carbonyl (C=O) groups is 2. The summed E-state index contributed by atoms with van der Waals surface area (Å²) in [6.45, 7) is 2.14. The normalized spacial score (nSPS) is 10.7. The predicted octanol–water partition coefficient (Wildman–Crippen LogP) is 5.38. The van der Waals surface area contributed by atoms with Crippen molar-refractivity contribution in [3.63, 3.8) is 0 Å². The Morgan fingerprint density at radius 1 is 0.935 bits per heavy atom. The summed E-state index contributed by atoms with van der Waals surface area (Å²) in [5, 5.41) is 4.01. The van der Waals surface area contributed by atoms with E-state index in [2.05, 4.69) is 5.32 Å². The monoisotopic (exact) mass is 412 g/mol. The van der Waals surface area contributed by atoms with Crippen LogP contribution >= 0.6 is 0 Å². The smallest absolute Gasteiger partial charge is 0.338 e. The molecule has 0 saturated carbocycles. The lowest BCUT2D eigenvalue weighted by atomic mass is 10.1. The molecule has 4 aromatic rings. The molecule has 1 aromatic heterocycles. The van der Waals surface area contributed by atoms with Gasteiger partial charge in [-0.2, -0.15) is 0 Å². The van der Waals surface area contributed by atoms with Gasteiger partial charge in [-0.25, -0.2) is 4.79 Å². The van der Waals surface area contributed by atoms with Crippen LogP contribution in [0.4, 0.5) is 5.69 Å². The third-order valence-corrected chi connectivity index (χ3v) is 5.11. The van der Waals surface area contributed by atoms with Crippen LogP contribution in [0.15, 0.2) is 85.1 Å². The molecule has 156 valence electrons. The Hall–Kier alpha value is -3.86. The van der Waals surface area contributed by atoms with E-state index in [0.717, 1.165) is 27.8 Å². The van der Waals surface area contributed by atoms with Gasteiger partial charge in [-0.1, -0.05) is 30.3 Å². The number of rotatable bonds is 7. The zero-order valence-corrected chi connectivity index (χ0v) is 17.4. The first-order valence-electron chi connectivity index (χ1n) is 10.4. The highest BCUT2D eigenvalue weighted by Gasteiger charge is 2.09. The molecule has 0 aliphatic heterocycles. The SMILES string of the molecule is CCOC(=O)c1ccc(-n2ccc3cc(NC(=O)CCc4ccccc4)ccc32)cc1. The highest BCUT2D eigenvalue weighted by atomic mass is 16.5. The molecular formula is C26H24N2O3. The summed E-state index contributed by atoms with van der Waals surface area (Å²) in [6, 6.07) is 25.2. The fourth-order valence-corrected chi connectivity index (χ4v) is 3.54. The molecule has 0 bridgehead atoms. The van der Waals surface area contributed by atoms with Gasteiger partial charge in [0.2, 0.25) is 5.91 Å². The summed E-state index contributed by atoms with van der Waals surface area (Å²) in [7, 11) is 0. The Morgan fingerprint density at radius 3 is 2.45 bits per heavy atom. The van der Waals surface area contributed by atoms with Crippen molar-refractivity contribution < 1.29 is 14.3 Å². The van der Waals surface area contributed by atoms with E-state index in [1.807, 2.05) is 77.5 Å². The molecule has 0 aliphatic carbocycles. The van der Waals surface area contributed by atoms with Gasteiger partial charge >= 0.3 is 5.97 Å². The molecule has 4 rings (SSSR count). The third-order valence-electron chi connectivity index (χ3n) is 5.11. The van der Waals surface area contributed by atoms with E-state index in [1.165, 1.54) is 0 Å². The highest BCUT2D eigenvalue weighted by molar-refractivity contribution is 5.94. The minimum Gasteiger partial charge on any atom is -0.462 e. The molecule has 5 heteroatoms. The Morgan fingerprint density at radius 2 is 1.71 bits per heavy atom. The number of benzene rings is 3. The quantitative estimate of drug-likeness (QED) is 0.415. The summed E-state index contributed by atoms with van der Waals surface area (Å²) < 4.78 is 7.08. The molecule has 0 unspecified atom stereocenters. The van der Waals surface area contributed by atoms with Crippen molar-refractivity contribution in [3.8, 4) is 5.69 Å². The van der Waals surface area contributed by atoms with Crippen LogP contribution in [0.25, 0.3) is 16.6 Å². The maximum Gasteiger partial charge on any atom is 0.338 e. The van der Waals surface area contributed by atoms with Gasteiger partial charge in [0.25, 0.3) is 0 Å². The van der Waals surface area contributed by atoms with Crippen molar-refractivity contribution in [2.24, 2.45) is 0 Å². The Bertz CT molecular complexity index is 1190. The molecule has 5 nitrogen and oxygen atoms in total. The second kappa shape index (κ2) is 9.30. The van der Waals surface area contributed by atoms with Crippen molar-refractivity contribution >= 4 is 28.5 Å². The van der Waals surface area contributed by atoms with Gasteiger partial charge in [-0.15, -0.1) is 0 Å². The first-order chi connectivity index (χ1) is 15.1. The Balaban J connectivity index is 1.45. The molecule has 0 saturated heterocycles. The number of esters is 1. The first kappa shape index (κ1) is 20.4. The van der Waals surface area contributed by atoms with Gasteiger partial charge in [-0.05, 0) is 67.4 Å². The predicted molar refractivity (Wildman–Crippen MR) is 123 cm³/mol. The van der Waals surface area contributed by atoms with E-state index in [9.17, 15) is 9.59 Å². The van der Waals surface area contributed by atoms with Crippen molar-refractivity contribution in [1.29, 1.82) is 0 Å². The van der Waals surface area contributed by atoms with Gasteiger partial charge in [0.05, 0.1) is 17.7 Å². The lowest BCUT2D eigenvalue weighted by Crippen LogP contribution is -2.12. The van der Waals surface area contributed by atoms with Gasteiger partial charge in [0, 0.05) is 29.4 Å².